The lowest BCUT2D eigenvalue weighted by Crippen LogP contribution is -2.33. The van der Waals surface area contributed by atoms with Gasteiger partial charge in [0.15, 0.2) is 6.04 Å². The fourth-order valence-electron chi connectivity index (χ4n) is 2.12. The van der Waals surface area contributed by atoms with Crippen molar-refractivity contribution >= 4 is 11.9 Å². The standard InChI is InChI=1S/C15H17N3O4/c1-9-12(8-18(2)17-9)14(19)16-13(15(20)21)10-4-6-11(22-3)7-5-10/h4-8,13H,1-3H3,(H,16,19)(H,20,21). The molecule has 1 aromatic carbocycles. The van der Waals surface area contributed by atoms with Crippen LogP contribution in [-0.2, 0) is 11.8 Å². The Hall–Kier alpha value is -2.83. The molecule has 22 heavy (non-hydrogen) atoms. The van der Waals surface area contributed by atoms with Crippen LogP contribution < -0.4 is 10.1 Å². The van der Waals surface area contributed by atoms with E-state index in [1.54, 1.807) is 44.4 Å². The summed E-state index contributed by atoms with van der Waals surface area (Å²) in [6, 6.07) is 5.36. The second-order valence-corrected chi connectivity index (χ2v) is 4.82. The number of carboxylic acid groups (broad SMARTS) is 1. The maximum absolute atomic E-state index is 12.2. The lowest BCUT2D eigenvalue weighted by atomic mass is 10.1. The third-order valence-corrected chi connectivity index (χ3v) is 3.23. The van der Waals surface area contributed by atoms with Crippen LogP contribution >= 0.6 is 0 Å². The fraction of sp³-hybridized carbons (Fsp3) is 0.267. The minimum Gasteiger partial charge on any atom is -0.497 e. The van der Waals surface area contributed by atoms with Crippen LogP contribution in [-0.4, -0.2) is 33.9 Å². The average molecular weight is 303 g/mol. The number of benzene rings is 1. The van der Waals surface area contributed by atoms with Gasteiger partial charge in [-0.1, -0.05) is 12.1 Å². The van der Waals surface area contributed by atoms with Crippen molar-refractivity contribution in [2.45, 2.75) is 13.0 Å². The summed E-state index contributed by atoms with van der Waals surface area (Å²) >= 11 is 0. The van der Waals surface area contributed by atoms with Crippen molar-refractivity contribution in [2.75, 3.05) is 7.11 Å². The first kappa shape index (κ1) is 15.6. The zero-order valence-electron chi connectivity index (χ0n) is 12.5. The SMILES string of the molecule is COc1ccc(C(NC(=O)c2cn(C)nc2C)C(=O)O)cc1. The van der Waals surface area contributed by atoms with Gasteiger partial charge in [0.05, 0.1) is 18.4 Å². The fourth-order valence-corrected chi connectivity index (χ4v) is 2.12. The monoisotopic (exact) mass is 303 g/mol. The molecule has 0 spiro atoms. The number of carbonyl (C=O) groups excluding carboxylic acids is 1. The quantitative estimate of drug-likeness (QED) is 0.868. The van der Waals surface area contributed by atoms with Crippen LogP contribution in [0, 0.1) is 6.92 Å². The predicted molar refractivity (Wildman–Crippen MR) is 78.8 cm³/mol. The van der Waals surface area contributed by atoms with Crippen molar-refractivity contribution in [3.05, 3.63) is 47.3 Å². The molecule has 0 saturated heterocycles. The Morgan fingerprint density at radius 1 is 1.32 bits per heavy atom. The molecule has 2 rings (SSSR count). The van der Waals surface area contributed by atoms with Gasteiger partial charge in [0.25, 0.3) is 5.91 Å². The van der Waals surface area contributed by atoms with Gasteiger partial charge in [-0.3, -0.25) is 9.48 Å². The number of hydrogen-bond acceptors (Lipinski definition) is 4. The molecule has 1 aromatic heterocycles. The summed E-state index contributed by atoms with van der Waals surface area (Å²) in [4.78, 5) is 23.7. The maximum Gasteiger partial charge on any atom is 0.330 e. The number of amides is 1. The van der Waals surface area contributed by atoms with E-state index in [2.05, 4.69) is 10.4 Å². The maximum atomic E-state index is 12.2. The number of hydrogen-bond donors (Lipinski definition) is 2. The van der Waals surface area contributed by atoms with Crippen LogP contribution in [0.2, 0.25) is 0 Å². The summed E-state index contributed by atoms with van der Waals surface area (Å²) < 4.78 is 6.54. The molecule has 1 atom stereocenters. The summed E-state index contributed by atoms with van der Waals surface area (Å²) in [5.74, 6) is -1.00. The zero-order valence-corrected chi connectivity index (χ0v) is 12.5. The van der Waals surface area contributed by atoms with Crippen LogP contribution in [0.5, 0.6) is 5.75 Å². The van der Waals surface area contributed by atoms with E-state index in [1.807, 2.05) is 0 Å². The van der Waals surface area contributed by atoms with Gasteiger partial charge in [0.2, 0.25) is 0 Å². The highest BCUT2D eigenvalue weighted by Gasteiger charge is 2.24. The number of methoxy groups -OCH3 is 1. The van der Waals surface area contributed by atoms with Crippen molar-refractivity contribution in [1.82, 2.24) is 15.1 Å². The van der Waals surface area contributed by atoms with Crippen molar-refractivity contribution in [3.63, 3.8) is 0 Å². The minimum atomic E-state index is -1.14. The van der Waals surface area contributed by atoms with E-state index in [1.165, 1.54) is 11.8 Å². The van der Waals surface area contributed by atoms with E-state index >= 15 is 0 Å². The molecule has 2 N–H and O–H groups in total. The van der Waals surface area contributed by atoms with Crippen molar-refractivity contribution < 1.29 is 19.4 Å². The molecular formula is C15H17N3O4. The topological polar surface area (TPSA) is 93.5 Å². The minimum absolute atomic E-state index is 0.349. The number of carboxylic acids is 1. The Labute approximate surface area is 127 Å². The number of aliphatic carboxylic acids is 1. The first-order valence-electron chi connectivity index (χ1n) is 6.60. The second-order valence-electron chi connectivity index (χ2n) is 4.82. The molecule has 7 heteroatoms. The highest BCUT2D eigenvalue weighted by Crippen LogP contribution is 2.19. The molecule has 116 valence electrons. The molecule has 0 saturated carbocycles. The third kappa shape index (κ3) is 3.25. The molecule has 0 aliphatic heterocycles. The van der Waals surface area contributed by atoms with E-state index in [9.17, 15) is 14.7 Å². The number of aryl methyl sites for hydroxylation is 2. The van der Waals surface area contributed by atoms with Crippen molar-refractivity contribution in [1.29, 1.82) is 0 Å². The first-order chi connectivity index (χ1) is 10.4. The third-order valence-electron chi connectivity index (χ3n) is 3.23. The van der Waals surface area contributed by atoms with Crippen LogP contribution in [0.15, 0.2) is 30.5 Å². The van der Waals surface area contributed by atoms with E-state index in [-0.39, 0.29) is 0 Å². The molecule has 0 aliphatic rings. The van der Waals surface area contributed by atoms with Gasteiger partial charge < -0.3 is 15.2 Å². The number of aromatic nitrogens is 2. The highest BCUT2D eigenvalue weighted by atomic mass is 16.5. The number of nitrogens with one attached hydrogen (secondary N) is 1. The first-order valence-corrected chi connectivity index (χ1v) is 6.60. The van der Waals surface area contributed by atoms with Gasteiger partial charge in [-0.25, -0.2) is 4.79 Å². The summed E-state index contributed by atoms with van der Waals surface area (Å²) in [7, 11) is 3.22. The lowest BCUT2D eigenvalue weighted by molar-refractivity contribution is -0.139. The van der Waals surface area contributed by atoms with E-state index < -0.39 is 17.9 Å². The molecule has 7 nitrogen and oxygen atoms in total. The van der Waals surface area contributed by atoms with Crippen LogP contribution in [0.3, 0.4) is 0 Å². The molecule has 1 unspecified atom stereocenters. The molecule has 0 bridgehead atoms. The van der Waals surface area contributed by atoms with Gasteiger partial charge in [-0.05, 0) is 24.6 Å². The summed E-state index contributed by atoms with van der Waals surface area (Å²) in [6.45, 7) is 1.69. The van der Waals surface area contributed by atoms with Crippen LogP contribution in [0.4, 0.5) is 0 Å². The van der Waals surface area contributed by atoms with Crippen molar-refractivity contribution in [2.24, 2.45) is 7.05 Å². The molecular weight excluding hydrogens is 286 g/mol. The Bertz CT molecular complexity index is 691. The molecule has 0 aliphatic carbocycles. The van der Waals surface area contributed by atoms with E-state index in [0.29, 0.717) is 22.6 Å². The number of ether oxygens (including phenoxy) is 1. The highest BCUT2D eigenvalue weighted by molar-refractivity contribution is 5.97. The molecule has 0 fully saturated rings. The predicted octanol–water partition coefficient (Wildman–Crippen LogP) is 1.29. The molecule has 0 radical (unpaired) electrons. The Kier molecular flexibility index (Phi) is 4.45. The van der Waals surface area contributed by atoms with Crippen molar-refractivity contribution in [3.8, 4) is 5.75 Å². The molecule has 1 heterocycles. The molecule has 1 amide bonds. The summed E-state index contributed by atoms with van der Waals surface area (Å²) in [6.07, 6.45) is 1.55. The smallest absolute Gasteiger partial charge is 0.330 e. The molecule has 2 aromatic rings. The van der Waals surface area contributed by atoms with Crippen LogP contribution in [0.25, 0.3) is 0 Å². The van der Waals surface area contributed by atoms with E-state index in [0.717, 1.165) is 0 Å². The zero-order chi connectivity index (χ0) is 16.3. The Morgan fingerprint density at radius 3 is 2.41 bits per heavy atom. The normalized spacial score (nSPS) is 11.8. The average Bonchev–Trinajstić information content (AvgIpc) is 2.83. The van der Waals surface area contributed by atoms with Gasteiger partial charge in [-0.15, -0.1) is 0 Å². The van der Waals surface area contributed by atoms with E-state index in [4.69, 9.17) is 4.74 Å². The van der Waals surface area contributed by atoms with Gasteiger partial charge in [-0.2, -0.15) is 5.10 Å². The van der Waals surface area contributed by atoms with Gasteiger partial charge >= 0.3 is 5.97 Å². The lowest BCUT2D eigenvalue weighted by Gasteiger charge is -2.15. The number of rotatable bonds is 5. The largest absolute Gasteiger partial charge is 0.497 e. The van der Waals surface area contributed by atoms with Gasteiger partial charge in [0, 0.05) is 13.2 Å². The van der Waals surface area contributed by atoms with Crippen LogP contribution in [0.1, 0.15) is 27.7 Å². The second kappa shape index (κ2) is 6.30. The number of carbonyl (C=O) groups is 2. The summed E-state index contributed by atoms with van der Waals surface area (Å²) in [5.41, 5.74) is 1.35. The Morgan fingerprint density at radius 2 is 1.95 bits per heavy atom. The summed E-state index contributed by atoms with van der Waals surface area (Å²) in [5, 5.41) is 15.9. The van der Waals surface area contributed by atoms with Gasteiger partial charge in [0.1, 0.15) is 5.75 Å². The number of nitrogens with zero attached hydrogens (tertiary/aromatic N) is 2. The Balaban J connectivity index is 2.23.